The molecule has 0 aliphatic heterocycles. The predicted molar refractivity (Wildman–Crippen MR) is 61.9 cm³/mol. The molecule has 2 saturated carbocycles. The number of carbonyl (C=O) groups is 2. The Morgan fingerprint density at radius 3 is 2.56 bits per heavy atom. The lowest BCUT2D eigenvalue weighted by Crippen LogP contribution is -2.20. The zero-order valence-corrected chi connectivity index (χ0v) is 9.67. The van der Waals surface area contributed by atoms with Gasteiger partial charge in [0.25, 0.3) is 0 Å². The summed E-state index contributed by atoms with van der Waals surface area (Å²) in [4.78, 5) is 30.5. The number of fused-ring (bicyclic) bond motifs is 1. The van der Waals surface area contributed by atoms with E-state index in [0.29, 0.717) is 11.8 Å². The van der Waals surface area contributed by atoms with Gasteiger partial charge >= 0.3 is 5.97 Å². The van der Waals surface area contributed by atoms with Crippen molar-refractivity contribution in [2.45, 2.75) is 19.3 Å². The molecule has 2 unspecified atom stereocenters. The van der Waals surface area contributed by atoms with E-state index in [2.05, 4.69) is 15.3 Å². The molecule has 2 aliphatic carbocycles. The van der Waals surface area contributed by atoms with Crippen LogP contribution in [0.1, 0.15) is 29.8 Å². The first kappa shape index (κ1) is 11.1. The Kier molecular flexibility index (Phi) is 2.50. The highest BCUT2D eigenvalue weighted by Gasteiger charge is 2.56. The van der Waals surface area contributed by atoms with Gasteiger partial charge in [-0.1, -0.05) is 6.42 Å². The summed E-state index contributed by atoms with van der Waals surface area (Å²) in [5.41, 5.74) is -0.211. The molecule has 2 aliphatic rings. The van der Waals surface area contributed by atoms with E-state index in [1.165, 1.54) is 18.8 Å². The molecular weight excluding hydrogens is 234 g/mol. The summed E-state index contributed by atoms with van der Waals surface area (Å²) in [6.07, 6.45) is 6.08. The van der Waals surface area contributed by atoms with Crippen LogP contribution >= 0.6 is 0 Å². The molecular formula is C12H13N3O3. The van der Waals surface area contributed by atoms with Crippen LogP contribution < -0.4 is 5.32 Å². The number of amides is 1. The van der Waals surface area contributed by atoms with Gasteiger partial charge in [0.2, 0.25) is 5.91 Å². The van der Waals surface area contributed by atoms with Crippen LogP contribution in [0.2, 0.25) is 0 Å². The second kappa shape index (κ2) is 4.04. The summed E-state index contributed by atoms with van der Waals surface area (Å²) >= 11 is 0. The highest BCUT2D eigenvalue weighted by Crippen LogP contribution is 2.57. The van der Waals surface area contributed by atoms with Gasteiger partial charge in [0.15, 0.2) is 11.5 Å². The summed E-state index contributed by atoms with van der Waals surface area (Å²) in [6.45, 7) is 0. The molecule has 6 heteroatoms. The van der Waals surface area contributed by atoms with Crippen molar-refractivity contribution in [3.05, 3.63) is 18.1 Å². The third-order valence-electron chi connectivity index (χ3n) is 3.85. The number of anilines is 1. The normalized spacial score (nSPS) is 28.6. The van der Waals surface area contributed by atoms with Crippen molar-refractivity contribution < 1.29 is 14.7 Å². The van der Waals surface area contributed by atoms with Gasteiger partial charge in [-0.05, 0) is 24.7 Å². The van der Waals surface area contributed by atoms with Crippen molar-refractivity contribution in [3.8, 4) is 0 Å². The van der Waals surface area contributed by atoms with Gasteiger partial charge in [0, 0.05) is 18.3 Å². The highest BCUT2D eigenvalue weighted by atomic mass is 16.4. The lowest BCUT2D eigenvalue weighted by Gasteiger charge is -2.07. The third-order valence-corrected chi connectivity index (χ3v) is 3.85. The minimum Gasteiger partial charge on any atom is -0.476 e. The summed E-state index contributed by atoms with van der Waals surface area (Å²) in [5.74, 6) is -0.227. The number of aromatic carboxylic acids is 1. The number of hydrogen-bond acceptors (Lipinski definition) is 4. The molecule has 1 heterocycles. The summed E-state index contributed by atoms with van der Waals surface area (Å²) < 4.78 is 0. The number of carboxylic acids is 1. The Bertz CT molecular complexity index is 507. The average Bonchev–Trinajstić information content (AvgIpc) is 2.84. The van der Waals surface area contributed by atoms with Gasteiger partial charge in [0.05, 0.1) is 0 Å². The van der Waals surface area contributed by atoms with Crippen LogP contribution in [0, 0.1) is 17.8 Å². The second-order valence-corrected chi connectivity index (χ2v) is 4.83. The largest absolute Gasteiger partial charge is 0.476 e. The van der Waals surface area contributed by atoms with Crippen LogP contribution in [-0.4, -0.2) is 27.0 Å². The van der Waals surface area contributed by atoms with Crippen LogP contribution in [-0.2, 0) is 4.79 Å². The Morgan fingerprint density at radius 2 is 1.89 bits per heavy atom. The van der Waals surface area contributed by atoms with Crippen LogP contribution in [0.25, 0.3) is 0 Å². The third kappa shape index (κ3) is 1.73. The van der Waals surface area contributed by atoms with Crippen molar-refractivity contribution >= 4 is 17.7 Å². The van der Waals surface area contributed by atoms with Crippen molar-refractivity contribution in [3.63, 3.8) is 0 Å². The van der Waals surface area contributed by atoms with E-state index in [9.17, 15) is 9.59 Å². The Balaban J connectivity index is 1.73. The molecule has 2 atom stereocenters. The molecule has 0 saturated heterocycles. The summed E-state index contributed by atoms with van der Waals surface area (Å²) in [5, 5.41) is 11.5. The molecule has 2 N–H and O–H groups in total. The fourth-order valence-corrected chi connectivity index (χ4v) is 3.00. The molecule has 94 valence electrons. The number of nitrogens with one attached hydrogen (secondary N) is 1. The first-order chi connectivity index (χ1) is 8.68. The van der Waals surface area contributed by atoms with Crippen LogP contribution in [0.4, 0.5) is 5.82 Å². The van der Waals surface area contributed by atoms with E-state index in [1.54, 1.807) is 0 Å². The second-order valence-electron chi connectivity index (χ2n) is 4.83. The van der Waals surface area contributed by atoms with Gasteiger partial charge in [-0.15, -0.1) is 0 Å². The summed E-state index contributed by atoms with van der Waals surface area (Å²) in [7, 11) is 0. The zero-order chi connectivity index (χ0) is 12.7. The maximum Gasteiger partial charge on any atom is 0.358 e. The molecule has 6 nitrogen and oxygen atoms in total. The monoisotopic (exact) mass is 247 g/mol. The summed E-state index contributed by atoms with van der Waals surface area (Å²) in [6, 6.07) is 0. The topological polar surface area (TPSA) is 92.2 Å². The van der Waals surface area contributed by atoms with E-state index in [1.807, 2.05) is 0 Å². The first-order valence-electron chi connectivity index (χ1n) is 6.03. The number of hydrogen-bond donors (Lipinski definition) is 2. The van der Waals surface area contributed by atoms with Crippen LogP contribution in [0.15, 0.2) is 12.4 Å². The molecule has 0 bridgehead atoms. The van der Waals surface area contributed by atoms with Gasteiger partial charge in [-0.3, -0.25) is 4.79 Å². The van der Waals surface area contributed by atoms with Crippen molar-refractivity contribution in [2.24, 2.45) is 17.8 Å². The maximum atomic E-state index is 12.0. The quantitative estimate of drug-likeness (QED) is 0.836. The molecule has 1 aromatic rings. The molecule has 2 fully saturated rings. The fraction of sp³-hybridized carbons (Fsp3) is 0.500. The van der Waals surface area contributed by atoms with Crippen LogP contribution in [0.5, 0.6) is 0 Å². The van der Waals surface area contributed by atoms with Crippen LogP contribution in [0.3, 0.4) is 0 Å². The Hall–Kier alpha value is -1.98. The van der Waals surface area contributed by atoms with Gasteiger partial charge < -0.3 is 10.4 Å². The first-order valence-corrected chi connectivity index (χ1v) is 6.03. The van der Waals surface area contributed by atoms with Gasteiger partial charge in [-0.2, -0.15) is 0 Å². The molecule has 1 aromatic heterocycles. The number of carbonyl (C=O) groups excluding carboxylic acids is 1. The molecule has 1 amide bonds. The van der Waals surface area contributed by atoms with Crippen molar-refractivity contribution in [2.75, 3.05) is 5.32 Å². The lowest BCUT2D eigenvalue weighted by molar-refractivity contribution is -0.118. The standard InChI is InChI=1S/C12H13N3O3/c16-11(8-6-2-1-3-7(6)8)15-10-9(12(17)18)13-4-5-14-10/h4-8H,1-3H2,(H,17,18)(H,14,15,16). The Labute approximate surface area is 103 Å². The SMILES string of the molecule is O=C(O)c1nccnc1NC(=O)C1C2CCCC21. The Morgan fingerprint density at radius 1 is 1.22 bits per heavy atom. The molecule has 3 rings (SSSR count). The number of carboxylic acid groups (broad SMARTS) is 1. The van der Waals surface area contributed by atoms with E-state index >= 15 is 0 Å². The molecule has 0 radical (unpaired) electrons. The molecule has 18 heavy (non-hydrogen) atoms. The van der Waals surface area contributed by atoms with E-state index in [-0.39, 0.29) is 23.3 Å². The van der Waals surface area contributed by atoms with Gasteiger partial charge in [-0.25, -0.2) is 14.8 Å². The number of aromatic nitrogens is 2. The molecule has 0 spiro atoms. The zero-order valence-electron chi connectivity index (χ0n) is 9.67. The average molecular weight is 247 g/mol. The predicted octanol–water partition coefficient (Wildman–Crippen LogP) is 1.16. The number of nitrogens with zero attached hydrogens (tertiary/aromatic N) is 2. The van der Waals surface area contributed by atoms with E-state index in [4.69, 9.17) is 5.11 Å². The minimum atomic E-state index is -1.19. The fourth-order valence-electron chi connectivity index (χ4n) is 3.00. The minimum absolute atomic E-state index is 0.0416. The highest BCUT2D eigenvalue weighted by molar-refractivity contribution is 5.99. The van der Waals surface area contributed by atoms with Gasteiger partial charge in [0.1, 0.15) is 0 Å². The number of rotatable bonds is 3. The van der Waals surface area contributed by atoms with E-state index < -0.39 is 5.97 Å². The van der Waals surface area contributed by atoms with E-state index in [0.717, 1.165) is 12.8 Å². The van der Waals surface area contributed by atoms with Crippen molar-refractivity contribution in [1.29, 1.82) is 0 Å². The lowest BCUT2D eigenvalue weighted by atomic mass is 10.1. The van der Waals surface area contributed by atoms with Crippen molar-refractivity contribution in [1.82, 2.24) is 9.97 Å². The smallest absolute Gasteiger partial charge is 0.358 e. The molecule has 0 aromatic carbocycles. The maximum absolute atomic E-state index is 12.0.